The summed E-state index contributed by atoms with van der Waals surface area (Å²) in [6.07, 6.45) is 7.13. The van der Waals surface area contributed by atoms with Gasteiger partial charge in [-0.1, -0.05) is 26.0 Å². The average molecular weight is 192 g/mol. The van der Waals surface area contributed by atoms with Crippen molar-refractivity contribution in [3.05, 3.63) is 36.4 Å². The molecule has 0 atom stereocenters. The van der Waals surface area contributed by atoms with Crippen LogP contribution in [0.5, 0.6) is 0 Å². The normalized spacial score (nSPS) is 9.36. The summed E-state index contributed by atoms with van der Waals surface area (Å²) in [7, 11) is 0. The van der Waals surface area contributed by atoms with Gasteiger partial charge in [0.2, 0.25) is 5.78 Å². The number of allylic oxidation sites excluding steroid dienone is 2. The van der Waals surface area contributed by atoms with Gasteiger partial charge in [0.1, 0.15) is 0 Å². The van der Waals surface area contributed by atoms with Gasteiger partial charge in [-0.15, -0.1) is 0 Å². The molecule has 1 aromatic heterocycles. The molecular formula is C11H16N2O. The molecular weight excluding hydrogens is 176 g/mol. The Hall–Kier alpha value is -1.51. The number of carbonyl (C=O) groups is 1. The lowest BCUT2D eigenvalue weighted by molar-refractivity contribution is 0.0986. The van der Waals surface area contributed by atoms with Crippen molar-refractivity contribution in [2.45, 2.75) is 27.2 Å². The van der Waals surface area contributed by atoms with E-state index in [4.69, 9.17) is 0 Å². The summed E-state index contributed by atoms with van der Waals surface area (Å²) in [5.41, 5.74) is 0. The van der Waals surface area contributed by atoms with Gasteiger partial charge in [-0.2, -0.15) is 0 Å². The maximum atomic E-state index is 11.2. The van der Waals surface area contributed by atoms with Crippen molar-refractivity contribution < 1.29 is 4.79 Å². The lowest BCUT2D eigenvalue weighted by Gasteiger charge is -1.92. The smallest absolute Gasteiger partial charge is 0.203 e. The second kappa shape index (κ2) is 8.10. The van der Waals surface area contributed by atoms with Gasteiger partial charge in [0.25, 0.3) is 0 Å². The van der Waals surface area contributed by atoms with Gasteiger partial charge in [-0.25, -0.2) is 9.97 Å². The molecule has 0 saturated heterocycles. The fourth-order valence-electron chi connectivity index (χ4n) is 0.759. The Kier molecular flexibility index (Phi) is 7.23. The van der Waals surface area contributed by atoms with E-state index in [9.17, 15) is 4.79 Å². The lowest BCUT2D eigenvalue weighted by atomic mass is 10.2. The fourth-order valence-corrected chi connectivity index (χ4v) is 0.759. The highest BCUT2D eigenvalue weighted by Crippen LogP contribution is 1.95. The van der Waals surface area contributed by atoms with Crippen molar-refractivity contribution >= 4 is 5.78 Å². The van der Waals surface area contributed by atoms with E-state index in [1.165, 1.54) is 0 Å². The second-order valence-electron chi connectivity index (χ2n) is 2.27. The van der Waals surface area contributed by atoms with Gasteiger partial charge in [-0.05, 0) is 13.0 Å². The number of carbonyl (C=O) groups excluding carboxylic acids is 1. The molecule has 0 saturated carbocycles. The molecule has 0 N–H and O–H groups in total. The Morgan fingerprint density at radius 3 is 2.43 bits per heavy atom. The minimum absolute atomic E-state index is 0.0475. The van der Waals surface area contributed by atoms with E-state index in [0.717, 1.165) is 0 Å². The molecule has 0 aliphatic rings. The van der Waals surface area contributed by atoms with Crippen molar-refractivity contribution in [2.75, 3.05) is 0 Å². The van der Waals surface area contributed by atoms with E-state index in [2.05, 4.69) is 9.97 Å². The Morgan fingerprint density at radius 2 is 1.93 bits per heavy atom. The molecule has 1 rings (SSSR count). The first-order valence-corrected chi connectivity index (χ1v) is 4.76. The molecule has 0 fully saturated rings. The highest BCUT2D eigenvalue weighted by atomic mass is 16.1. The van der Waals surface area contributed by atoms with E-state index >= 15 is 0 Å². The Balaban J connectivity index is 0.000000791. The summed E-state index contributed by atoms with van der Waals surface area (Å²) >= 11 is 0. The minimum Gasteiger partial charge on any atom is -0.290 e. The van der Waals surface area contributed by atoms with Crippen LogP contribution in [0.4, 0.5) is 0 Å². The summed E-state index contributed by atoms with van der Waals surface area (Å²) in [5.74, 6) is 0.240. The second-order valence-corrected chi connectivity index (χ2v) is 2.27. The molecule has 0 aromatic carbocycles. The predicted octanol–water partition coefficient (Wildman–Crippen LogP) is 2.65. The standard InChI is InChI=1S/C9H10N2O.C2H6/c1-2-3-5-8(12)9-10-6-4-7-11-9;1-2/h2-4,6-7H,5H2,1H3;1-2H3/b3-2+;. The lowest BCUT2D eigenvalue weighted by Crippen LogP contribution is -2.02. The zero-order valence-electron chi connectivity index (χ0n) is 8.90. The molecule has 0 aliphatic heterocycles. The maximum absolute atomic E-state index is 11.2. The summed E-state index contributed by atoms with van der Waals surface area (Å²) in [6.45, 7) is 5.87. The molecule has 0 bridgehead atoms. The molecule has 76 valence electrons. The summed E-state index contributed by atoms with van der Waals surface area (Å²) in [4.78, 5) is 18.9. The summed E-state index contributed by atoms with van der Waals surface area (Å²) in [6, 6.07) is 1.69. The number of ketones is 1. The topological polar surface area (TPSA) is 42.9 Å². The number of hydrogen-bond acceptors (Lipinski definition) is 3. The molecule has 0 unspecified atom stereocenters. The average Bonchev–Trinajstić information content (AvgIpc) is 2.30. The Morgan fingerprint density at radius 1 is 1.36 bits per heavy atom. The number of nitrogens with zero attached hydrogens (tertiary/aromatic N) is 2. The van der Waals surface area contributed by atoms with Gasteiger partial charge in [0.15, 0.2) is 5.82 Å². The van der Waals surface area contributed by atoms with Crippen LogP contribution in [-0.2, 0) is 0 Å². The number of hydrogen-bond donors (Lipinski definition) is 0. The number of Topliss-reactive ketones (excluding diaryl/α,β-unsaturated/α-hetero) is 1. The van der Waals surface area contributed by atoms with Crippen LogP contribution < -0.4 is 0 Å². The van der Waals surface area contributed by atoms with E-state index in [-0.39, 0.29) is 11.6 Å². The summed E-state index contributed by atoms with van der Waals surface area (Å²) in [5, 5.41) is 0. The number of aromatic nitrogens is 2. The molecule has 1 aromatic rings. The van der Waals surface area contributed by atoms with Crippen LogP contribution in [0.25, 0.3) is 0 Å². The predicted molar refractivity (Wildman–Crippen MR) is 57.1 cm³/mol. The quantitative estimate of drug-likeness (QED) is 0.546. The van der Waals surface area contributed by atoms with Crippen molar-refractivity contribution in [3.8, 4) is 0 Å². The molecule has 0 spiro atoms. The van der Waals surface area contributed by atoms with E-state index in [1.54, 1.807) is 24.5 Å². The first-order chi connectivity index (χ1) is 6.84. The Labute approximate surface area is 84.9 Å². The van der Waals surface area contributed by atoms with E-state index in [0.29, 0.717) is 6.42 Å². The van der Waals surface area contributed by atoms with Gasteiger partial charge in [-0.3, -0.25) is 4.79 Å². The molecule has 1 heterocycles. The third-order valence-electron chi connectivity index (χ3n) is 1.35. The SMILES string of the molecule is C/C=C/CC(=O)c1ncccn1.CC. The van der Waals surface area contributed by atoms with Crippen LogP contribution >= 0.6 is 0 Å². The van der Waals surface area contributed by atoms with Crippen molar-refractivity contribution in [1.29, 1.82) is 0 Å². The minimum atomic E-state index is -0.0475. The zero-order valence-corrected chi connectivity index (χ0v) is 8.90. The van der Waals surface area contributed by atoms with Crippen LogP contribution in [0.15, 0.2) is 30.6 Å². The zero-order chi connectivity index (χ0) is 10.8. The van der Waals surface area contributed by atoms with Crippen LogP contribution in [0.1, 0.15) is 37.8 Å². The molecule has 14 heavy (non-hydrogen) atoms. The monoisotopic (exact) mass is 192 g/mol. The summed E-state index contributed by atoms with van der Waals surface area (Å²) < 4.78 is 0. The first kappa shape index (κ1) is 12.5. The molecule has 0 aliphatic carbocycles. The van der Waals surface area contributed by atoms with Gasteiger partial charge in [0, 0.05) is 18.8 Å². The van der Waals surface area contributed by atoms with Crippen LogP contribution in [-0.4, -0.2) is 15.8 Å². The third kappa shape index (κ3) is 4.50. The van der Waals surface area contributed by atoms with Crippen molar-refractivity contribution in [2.24, 2.45) is 0 Å². The molecule has 3 nitrogen and oxygen atoms in total. The highest BCUT2D eigenvalue weighted by Gasteiger charge is 2.04. The van der Waals surface area contributed by atoms with Crippen molar-refractivity contribution in [1.82, 2.24) is 9.97 Å². The van der Waals surface area contributed by atoms with E-state index in [1.807, 2.05) is 26.8 Å². The van der Waals surface area contributed by atoms with Crippen LogP contribution in [0.2, 0.25) is 0 Å². The van der Waals surface area contributed by atoms with Crippen LogP contribution in [0.3, 0.4) is 0 Å². The molecule has 3 heteroatoms. The fraction of sp³-hybridized carbons (Fsp3) is 0.364. The largest absolute Gasteiger partial charge is 0.290 e. The van der Waals surface area contributed by atoms with Gasteiger partial charge >= 0.3 is 0 Å². The van der Waals surface area contributed by atoms with Crippen LogP contribution in [0, 0.1) is 0 Å². The van der Waals surface area contributed by atoms with E-state index < -0.39 is 0 Å². The molecule has 0 radical (unpaired) electrons. The molecule has 0 amide bonds. The Bertz CT molecular complexity index is 281. The van der Waals surface area contributed by atoms with Gasteiger partial charge in [0.05, 0.1) is 0 Å². The van der Waals surface area contributed by atoms with Gasteiger partial charge < -0.3 is 0 Å². The highest BCUT2D eigenvalue weighted by molar-refractivity contribution is 5.93. The van der Waals surface area contributed by atoms with Crippen molar-refractivity contribution in [3.63, 3.8) is 0 Å². The third-order valence-corrected chi connectivity index (χ3v) is 1.35. The number of rotatable bonds is 3. The maximum Gasteiger partial charge on any atom is 0.203 e. The first-order valence-electron chi connectivity index (χ1n) is 4.76.